The van der Waals surface area contributed by atoms with E-state index in [1.807, 2.05) is 4.90 Å². The van der Waals surface area contributed by atoms with Crippen molar-refractivity contribution in [2.45, 2.75) is 51.2 Å². The Hall–Kier alpha value is -2.40. The number of nitrogens with zero attached hydrogens (tertiary/aromatic N) is 2. The minimum Gasteiger partial charge on any atom is -0.384 e. The molecule has 0 radical (unpaired) electrons. The van der Waals surface area contributed by atoms with E-state index in [1.165, 1.54) is 24.1 Å². The third kappa shape index (κ3) is 4.45. The fraction of sp³-hybridized carbons (Fsp3) is 0.458. The van der Waals surface area contributed by atoms with E-state index in [0.717, 1.165) is 42.7 Å². The number of amides is 1. The van der Waals surface area contributed by atoms with Gasteiger partial charge in [-0.3, -0.25) is 9.69 Å². The number of carbonyl (C=O) groups excluding carboxylic acids is 1. The molecule has 4 nitrogen and oxygen atoms in total. The van der Waals surface area contributed by atoms with Crippen molar-refractivity contribution in [1.29, 1.82) is 0 Å². The third-order valence-electron chi connectivity index (χ3n) is 6.54. The van der Waals surface area contributed by atoms with Crippen LogP contribution in [0.5, 0.6) is 0 Å². The Morgan fingerprint density at radius 3 is 2.66 bits per heavy atom. The van der Waals surface area contributed by atoms with Crippen LogP contribution in [-0.2, 0) is 17.8 Å². The minimum atomic E-state index is -0.273. The maximum atomic E-state index is 13.3. The highest BCUT2D eigenvalue weighted by Gasteiger charge is 2.33. The molecule has 2 bridgehead atoms. The summed E-state index contributed by atoms with van der Waals surface area (Å²) in [5.74, 6) is -0.175. The summed E-state index contributed by atoms with van der Waals surface area (Å²) in [7, 11) is 2.20. The number of rotatable bonds is 2. The molecule has 1 amide bonds. The van der Waals surface area contributed by atoms with Gasteiger partial charge in [-0.2, -0.15) is 0 Å². The van der Waals surface area contributed by atoms with Crippen LogP contribution in [0.3, 0.4) is 0 Å². The summed E-state index contributed by atoms with van der Waals surface area (Å²) < 4.78 is 13.2. The van der Waals surface area contributed by atoms with E-state index >= 15 is 0 Å². The van der Waals surface area contributed by atoms with E-state index in [9.17, 15) is 9.18 Å². The second-order valence-corrected chi connectivity index (χ2v) is 8.45. The quantitative estimate of drug-likeness (QED) is 0.835. The average molecular weight is 396 g/mol. The zero-order chi connectivity index (χ0) is 20.4. The van der Waals surface area contributed by atoms with Crippen LogP contribution in [0.2, 0.25) is 0 Å². The number of nitrogens with one attached hydrogen (secondary N) is 1. The van der Waals surface area contributed by atoms with E-state index < -0.39 is 0 Å². The number of hydrogen-bond donors (Lipinski definition) is 1. The van der Waals surface area contributed by atoms with Gasteiger partial charge in [-0.1, -0.05) is 30.3 Å². The van der Waals surface area contributed by atoms with Gasteiger partial charge in [-0.25, -0.2) is 4.39 Å². The molecule has 1 fully saturated rings. The summed E-state index contributed by atoms with van der Waals surface area (Å²) in [4.78, 5) is 17.7. The summed E-state index contributed by atoms with van der Waals surface area (Å²) in [6.07, 6.45) is 3.73. The number of anilines is 1. The van der Waals surface area contributed by atoms with Crippen molar-refractivity contribution in [3.05, 3.63) is 65.0 Å². The number of fused-ring (bicyclic) bond motifs is 3. The van der Waals surface area contributed by atoms with E-state index in [1.54, 1.807) is 12.1 Å². The van der Waals surface area contributed by atoms with Gasteiger partial charge in [0.25, 0.3) is 0 Å². The van der Waals surface area contributed by atoms with Crippen molar-refractivity contribution in [2.75, 3.05) is 25.5 Å². The van der Waals surface area contributed by atoms with Crippen molar-refractivity contribution in [2.24, 2.45) is 0 Å². The van der Waals surface area contributed by atoms with Crippen molar-refractivity contribution in [3.8, 4) is 0 Å². The Bertz CT molecular complexity index is 867. The number of para-hydroxylation sites is 1. The van der Waals surface area contributed by atoms with E-state index in [2.05, 4.69) is 42.4 Å². The molecular formula is C24H30FN3O. The molecule has 2 aliphatic heterocycles. The first-order valence-electron chi connectivity index (χ1n) is 10.6. The van der Waals surface area contributed by atoms with Crippen LogP contribution in [0.1, 0.15) is 36.0 Å². The van der Waals surface area contributed by atoms with Crippen molar-refractivity contribution in [3.63, 3.8) is 0 Å². The first kappa shape index (κ1) is 19.9. The summed E-state index contributed by atoms with van der Waals surface area (Å²) in [5.41, 5.74) is 4.39. The number of likely N-dealkylation sites (N-methyl/N-ethyl adjacent to an activating group) is 1. The number of carbonyl (C=O) groups is 1. The molecule has 1 N–H and O–H groups in total. The zero-order valence-electron chi connectivity index (χ0n) is 17.3. The SMILES string of the molecule is Cc1cccc2c1NCCC1CCC(CN(C(=O)Cc3ccc(F)cc3)C2)N1C. The van der Waals surface area contributed by atoms with E-state index in [0.29, 0.717) is 25.0 Å². The molecule has 0 aromatic heterocycles. The van der Waals surface area contributed by atoms with Crippen LogP contribution in [0.25, 0.3) is 0 Å². The number of aryl methyl sites for hydroxylation is 1. The summed E-state index contributed by atoms with van der Waals surface area (Å²) in [6.45, 7) is 4.40. The summed E-state index contributed by atoms with van der Waals surface area (Å²) in [5, 5.41) is 3.64. The Kier molecular flexibility index (Phi) is 5.86. The van der Waals surface area contributed by atoms with Gasteiger partial charge in [-0.15, -0.1) is 0 Å². The molecule has 5 heteroatoms. The molecule has 2 unspecified atom stereocenters. The minimum absolute atomic E-state index is 0.0974. The molecule has 2 aliphatic rings. The maximum Gasteiger partial charge on any atom is 0.227 e. The molecule has 4 rings (SSSR count). The lowest BCUT2D eigenvalue weighted by atomic mass is 10.0. The Balaban J connectivity index is 1.62. The van der Waals surface area contributed by atoms with Crippen LogP contribution < -0.4 is 5.32 Å². The first-order valence-corrected chi connectivity index (χ1v) is 10.6. The van der Waals surface area contributed by atoms with Gasteiger partial charge < -0.3 is 10.2 Å². The molecule has 0 aliphatic carbocycles. The molecule has 2 heterocycles. The average Bonchev–Trinajstić information content (AvgIpc) is 3.02. The van der Waals surface area contributed by atoms with Gasteiger partial charge in [0.15, 0.2) is 0 Å². The van der Waals surface area contributed by atoms with E-state index in [-0.39, 0.29) is 11.7 Å². The van der Waals surface area contributed by atoms with Crippen LogP contribution in [0.15, 0.2) is 42.5 Å². The Labute approximate surface area is 172 Å². The standard InChI is InChI=1S/C24H30FN3O/c1-17-4-3-5-19-15-28(23(29)14-18-6-8-20(25)9-7-18)16-22-11-10-21(27(22)2)12-13-26-24(17)19/h3-9,21-22,26H,10-16H2,1-2H3. The van der Waals surface area contributed by atoms with Gasteiger partial charge in [0.05, 0.1) is 6.42 Å². The Morgan fingerprint density at radius 2 is 1.86 bits per heavy atom. The second kappa shape index (κ2) is 8.54. The third-order valence-corrected chi connectivity index (χ3v) is 6.54. The van der Waals surface area contributed by atoms with Crippen molar-refractivity contribution < 1.29 is 9.18 Å². The highest BCUT2D eigenvalue weighted by molar-refractivity contribution is 5.79. The topological polar surface area (TPSA) is 35.6 Å². The Morgan fingerprint density at radius 1 is 1.10 bits per heavy atom. The van der Waals surface area contributed by atoms with Gasteiger partial charge in [0, 0.05) is 37.4 Å². The van der Waals surface area contributed by atoms with Crippen LogP contribution in [-0.4, -0.2) is 47.9 Å². The predicted octanol–water partition coefficient (Wildman–Crippen LogP) is 3.98. The highest BCUT2D eigenvalue weighted by atomic mass is 19.1. The summed E-state index contributed by atoms with van der Waals surface area (Å²) >= 11 is 0. The molecule has 0 saturated carbocycles. The van der Waals surface area contributed by atoms with Gasteiger partial charge >= 0.3 is 0 Å². The lowest BCUT2D eigenvalue weighted by Gasteiger charge is -2.31. The van der Waals surface area contributed by atoms with E-state index in [4.69, 9.17) is 0 Å². The fourth-order valence-corrected chi connectivity index (χ4v) is 4.74. The first-order chi connectivity index (χ1) is 14.0. The number of halogens is 1. The maximum absolute atomic E-state index is 13.3. The molecule has 2 aromatic carbocycles. The molecule has 2 aromatic rings. The normalized spacial score (nSPS) is 22.5. The smallest absolute Gasteiger partial charge is 0.227 e. The van der Waals surface area contributed by atoms with Crippen LogP contribution in [0, 0.1) is 12.7 Å². The largest absolute Gasteiger partial charge is 0.384 e. The van der Waals surface area contributed by atoms with Crippen LogP contribution >= 0.6 is 0 Å². The van der Waals surface area contributed by atoms with Crippen molar-refractivity contribution in [1.82, 2.24) is 9.80 Å². The number of benzene rings is 2. The molecule has 2 atom stereocenters. The van der Waals surface area contributed by atoms with Gasteiger partial charge in [0.2, 0.25) is 5.91 Å². The van der Waals surface area contributed by atoms with Crippen LogP contribution in [0.4, 0.5) is 10.1 Å². The molecular weight excluding hydrogens is 365 g/mol. The molecule has 0 spiro atoms. The molecule has 1 saturated heterocycles. The van der Waals surface area contributed by atoms with Gasteiger partial charge in [0.1, 0.15) is 5.82 Å². The number of hydrogen-bond acceptors (Lipinski definition) is 3. The summed E-state index contributed by atoms with van der Waals surface area (Å²) in [6, 6.07) is 13.5. The van der Waals surface area contributed by atoms with Gasteiger partial charge in [-0.05, 0) is 62.1 Å². The predicted molar refractivity (Wildman–Crippen MR) is 114 cm³/mol. The zero-order valence-corrected chi connectivity index (χ0v) is 17.3. The monoisotopic (exact) mass is 395 g/mol. The molecule has 154 valence electrons. The van der Waals surface area contributed by atoms with Crippen molar-refractivity contribution >= 4 is 11.6 Å². The second-order valence-electron chi connectivity index (χ2n) is 8.45. The fourth-order valence-electron chi connectivity index (χ4n) is 4.74. The lowest BCUT2D eigenvalue weighted by molar-refractivity contribution is -0.131. The highest BCUT2D eigenvalue weighted by Crippen LogP contribution is 2.29. The lowest BCUT2D eigenvalue weighted by Crippen LogP contribution is -2.43. The molecule has 29 heavy (non-hydrogen) atoms.